The van der Waals surface area contributed by atoms with Crippen molar-refractivity contribution in [1.29, 1.82) is 0 Å². The molecule has 1 aliphatic carbocycles. The monoisotopic (exact) mass is 919 g/mol. The van der Waals surface area contributed by atoms with Crippen molar-refractivity contribution in [3.05, 3.63) is 112 Å². The van der Waals surface area contributed by atoms with Gasteiger partial charge in [0.25, 0.3) is 11.5 Å². The molecule has 67 heavy (non-hydrogen) atoms. The van der Waals surface area contributed by atoms with Gasteiger partial charge in [0.05, 0.1) is 35.6 Å². The Labute approximate surface area is 386 Å². The molecule has 2 fully saturated rings. The number of alkyl halides is 3. The Morgan fingerprint density at radius 2 is 1.79 bits per heavy atom. The van der Waals surface area contributed by atoms with Gasteiger partial charge in [0, 0.05) is 99.3 Å². The molecule has 352 valence electrons. The minimum atomic E-state index is -4.48. The van der Waals surface area contributed by atoms with E-state index >= 15 is 0 Å². The van der Waals surface area contributed by atoms with Crippen LogP contribution in [-0.4, -0.2) is 96.8 Å². The SMILES string of the molecule is C=CC(=O)Nc1cc(Nc2nc(-c3ccnc(N4CCn5c(cc6c5CC(C)(C)C6)C4=O)c3CO)cn(C)c2=O)ccc1N1CCN(C2CCN(c3ccc(C(F)(F)F)nc3)[C@H](C)C2)C[C@@H]1C. The molecule has 3 atom stereocenters. The van der Waals surface area contributed by atoms with E-state index in [1.807, 2.05) is 18.2 Å². The van der Waals surface area contributed by atoms with Crippen molar-refractivity contribution in [3.63, 3.8) is 0 Å². The van der Waals surface area contributed by atoms with Crippen molar-refractivity contribution < 1.29 is 27.9 Å². The van der Waals surface area contributed by atoms with Crippen molar-refractivity contribution in [3.8, 4) is 11.3 Å². The van der Waals surface area contributed by atoms with Gasteiger partial charge in [-0.05, 0) is 99.0 Å². The van der Waals surface area contributed by atoms with E-state index in [-0.39, 0.29) is 35.3 Å². The van der Waals surface area contributed by atoms with Crippen LogP contribution in [0.25, 0.3) is 11.3 Å². The first kappa shape index (κ1) is 45.6. The molecule has 2 saturated heterocycles. The lowest BCUT2D eigenvalue weighted by Crippen LogP contribution is -2.58. The second kappa shape index (κ2) is 17.6. The summed E-state index contributed by atoms with van der Waals surface area (Å²) >= 11 is 0. The van der Waals surface area contributed by atoms with E-state index in [0.717, 1.165) is 50.5 Å². The number of benzene rings is 1. The summed E-state index contributed by atoms with van der Waals surface area (Å²) in [4.78, 5) is 62.0. The van der Waals surface area contributed by atoms with Gasteiger partial charge in [-0.25, -0.2) is 15.0 Å². The number of aliphatic hydroxyl groups excluding tert-OH is 1. The fourth-order valence-electron chi connectivity index (χ4n) is 10.6. The largest absolute Gasteiger partial charge is 0.433 e. The maximum Gasteiger partial charge on any atom is 0.433 e. The Morgan fingerprint density at radius 1 is 0.985 bits per heavy atom. The number of rotatable bonds is 10. The fraction of sp³-hybridized carbons (Fsp3) is 0.429. The minimum absolute atomic E-state index is 0.0113. The Balaban J connectivity index is 0.919. The third kappa shape index (κ3) is 8.79. The highest BCUT2D eigenvalue weighted by Gasteiger charge is 2.39. The number of hydrogen-bond donors (Lipinski definition) is 3. The van der Waals surface area contributed by atoms with E-state index in [9.17, 15) is 32.7 Å². The van der Waals surface area contributed by atoms with Gasteiger partial charge < -0.3 is 34.7 Å². The molecule has 0 spiro atoms. The van der Waals surface area contributed by atoms with Gasteiger partial charge in [0.15, 0.2) is 5.82 Å². The molecule has 4 aliphatic rings. The highest BCUT2D eigenvalue weighted by Crippen LogP contribution is 2.41. The predicted octanol–water partition coefficient (Wildman–Crippen LogP) is 6.77. The molecule has 18 heteroatoms. The lowest BCUT2D eigenvalue weighted by Gasteiger charge is -2.48. The molecule has 0 saturated carbocycles. The molecule has 0 radical (unpaired) electrons. The molecule has 15 nitrogen and oxygen atoms in total. The van der Waals surface area contributed by atoms with Gasteiger partial charge in [-0.2, -0.15) is 13.2 Å². The zero-order chi connectivity index (χ0) is 47.5. The summed E-state index contributed by atoms with van der Waals surface area (Å²) in [7, 11) is 1.61. The van der Waals surface area contributed by atoms with Crippen LogP contribution in [0.1, 0.15) is 73.5 Å². The number of piperidine rings is 1. The molecule has 1 unspecified atom stereocenters. The quantitative estimate of drug-likeness (QED) is 0.127. The first-order valence-electron chi connectivity index (χ1n) is 22.8. The van der Waals surface area contributed by atoms with Crippen LogP contribution in [-0.2, 0) is 44.0 Å². The Morgan fingerprint density at radius 3 is 2.49 bits per heavy atom. The van der Waals surface area contributed by atoms with Crippen LogP contribution < -0.4 is 30.9 Å². The van der Waals surface area contributed by atoms with Gasteiger partial charge in [0.1, 0.15) is 17.2 Å². The zero-order valence-electron chi connectivity index (χ0n) is 38.4. The number of carbonyl (C=O) groups excluding carboxylic acids is 2. The van der Waals surface area contributed by atoms with E-state index in [1.165, 1.54) is 34.2 Å². The van der Waals surface area contributed by atoms with Crippen LogP contribution in [0.3, 0.4) is 0 Å². The topological polar surface area (TPSA) is 157 Å². The van der Waals surface area contributed by atoms with E-state index < -0.39 is 29.9 Å². The number of pyridine rings is 2. The summed E-state index contributed by atoms with van der Waals surface area (Å²) < 4.78 is 42.9. The summed E-state index contributed by atoms with van der Waals surface area (Å²) in [6.45, 7) is 15.8. The standard InChI is InChI=1S/C49H56F3N11O4/c1-7-43(65)56-37-22-32(8-10-39(37)61-17-16-59(26-30(61)3)33-13-15-60(29(2)20-33)34-9-11-42(54-25-34)49(50,51)52)55-44-47(67)58(6)27-38(57-44)35-12-14-53-45(36(35)28-64)63-19-18-62-40(46(63)66)21-31-23-48(4,5)24-41(31)62/h7-12,14,21-22,25,27,29-30,33,64H,1,13,15-20,23-24,26,28H2,2-6H3,(H,55,57)(H,56,65)/t29-,30+,33?/m1/s1. The Hall–Kier alpha value is -6.53. The summed E-state index contributed by atoms with van der Waals surface area (Å²) in [6, 6.07) is 12.2. The van der Waals surface area contributed by atoms with Crippen molar-refractivity contribution in [1.82, 2.24) is 29.0 Å². The average molecular weight is 920 g/mol. The lowest BCUT2D eigenvalue weighted by molar-refractivity contribution is -0.141. The Bertz CT molecular complexity index is 2800. The minimum Gasteiger partial charge on any atom is -0.392 e. The number of aromatic nitrogens is 5. The number of nitrogens with zero attached hydrogens (tertiary/aromatic N) is 9. The number of anilines is 6. The van der Waals surface area contributed by atoms with Crippen LogP contribution in [0, 0.1) is 5.41 Å². The Kier molecular flexibility index (Phi) is 12.0. The summed E-state index contributed by atoms with van der Waals surface area (Å²) in [5.41, 5.74) is 5.67. The average Bonchev–Trinajstić information content (AvgIpc) is 3.79. The maximum atomic E-state index is 14.0. The van der Waals surface area contributed by atoms with E-state index in [2.05, 4.69) is 74.1 Å². The van der Waals surface area contributed by atoms with Crippen LogP contribution in [0.15, 0.2) is 78.5 Å². The number of nitrogens with one attached hydrogen (secondary N) is 2. The normalized spacial score (nSPS) is 20.7. The van der Waals surface area contributed by atoms with Gasteiger partial charge in [-0.1, -0.05) is 20.4 Å². The lowest BCUT2D eigenvalue weighted by atomic mass is 9.90. The van der Waals surface area contributed by atoms with Gasteiger partial charge in [-0.3, -0.25) is 24.2 Å². The molecular weight excluding hydrogens is 864 g/mol. The first-order valence-corrected chi connectivity index (χ1v) is 22.8. The molecule has 9 rings (SSSR count). The van der Waals surface area contributed by atoms with E-state index in [1.54, 1.807) is 36.5 Å². The molecular formula is C49H56F3N11O4. The molecule has 2 amide bonds. The number of aliphatic hydroxyl groups is 1. The third-order valence-electron chi connectivity index (χ3n) is 13.8. The van der Waals surface area contributed by atoms with Crippen molar-refractivity contribution in [2.24, 2.45) is 12.5 Å². The van der Waals surface area contributed by atoms with Crippen LogP contribution >= 0.6 is 0 Å². The molecule has 4 aromatic heterocycles. The maximum absolute atomic E-state index is 14.0. The van der Waals surface area contributed by atoms with Crippen molar-refractivity contribution in [2.75, 3.05) is 58.1 Å². The van der Waals surface area contributed by atoms with Gasteiger partial charge in [0.2, 0.25) is 5.91 Å². The smallest absolute Gasteiger partial charge is 0.392 e. The number of hydrogen-bond acceptors (Lipinski definition) is 11. The predicted molar refractivity (Wildman–Crippen MR) is 252 cm³/mol. The van der Waals surface area contributed by atoms with Gasteiger partial charge in [-0.15, -0.1) is 0 Å². The number of carbonyl (C=O) groups is 2. The van der Waals surface area contributed by atoms with Crippen LogP contribution in [0.5, 0.6) is 0 Å². The highest BCUT2D eigenvalue weighted by atomic mass is 19.4. The van der Waals surface area contributed by atoms with Crippen molar-refractivity contribution in [2.45, 2.75) is 90.8 Å². The van der Waals surface area contributed by atoms with Gasteiger partial charge >= 0.3 is 6.18 Å². The summed E-state index contributed by atoms with van der Waals surface area (Å²) in [5.74, 6) is -0.232. The first-order chi connectivity index (χ1) is 31.9. The molecule has 3 aliphatic heterocycles. The second-order valence-corrected chi connectivity index (χ2v) is 19.0. The van der Waals surface area contributed by atoms with Crippen LogP contribution in [0.2, 0.25) is 0 Å². The fourth-order valence-corrected chi connectivity index (χ4v) is 10.6. The highest BCUT2D eigenvalue weighted by molar-refractivity contribution is 6.06. The van der Waals surface area contributed by atoms with E-state index in [0.29, 0.717) is 71.6 Å². The van der Waals surface area contributed by atoms with Crippen molar-refractivity contribution >= 4 is 46.2 Å². The number of piperazine rings is 1. The number of fused-ring (bicyclic) bond motifs is 3. The summed E-state index contributed by atoms with van der Waals surface area (Å²) in [5, 5.41) is 17.0. The number of amides is 2. The molecule has 7 heterocycles. The second-order valence-electron chi connectivity index (χ2n) is 19.0. The zero-order valence-corrected chi connectivity index (χ0v) is 38.4. The molecule has 5 aromatic rings. The van der Waals surface area contributed by atoms with Crippen LogP contribution in [0.4, 0.5) is 47.6 Å². The number of aryl methyl sites for hydroxylation is 1. The molecule has 3 N–H and O–H groups in total. The number of halogens is 3. The third-order valence-corrected chi connectivity index (χ3v) is 13.8. The molecule has 0 bridgehead atoms. The molecule has 1 aromatic carbocycles. The summed E-state index contributed by atoms with van der Waals surface area (Å²) in [6.07, 6.45) is 4.71. The van der Waals surface area contributed by atoms with E-state index in [4.69, 9.17) is 4.98 Å².